The van der Waals surface area contributed by atoms with E-state index in [0.717, 1.165) is 22.4 Å². The van der Waals surface area contributed by atoms with Crippen LogP contribution in [0.5, 0.6) is 5.75 Å². The van der Waals surface area contributed by atoms with Crippen LogP contribution in [0.25, 0.3) is 0 Å². The third kappa shape index (κ3) is 3.76. The second kappa shape index (κ2) is 8.01. The first-order chi connectivity index (χ1) is 13.7. The number of hydrogen-bond acceptors (Lipinski definition) is 3. The largest absolute Gasteiger partial charge is 0.497 e. The number of ether oxygens (including phenoxy) is 2. The molecule has 3 aromatic carbocycles. The molecule has 0 radical (unpaired) electrons. The van der Waals surface area contributed by atoms with Crippen LogP contribution in [0, 0.1) is 0 Å². The summed E-state index contributed by atoms with van der Waals surface area (Å²) >= 11 is 0. The fourth-order valence-electron chi connectivity index (χ4n) is 3.46. The van der Waals surface area contributed by atoms with Crippen molar-refractivity contribution in [2.24, 2.45) is 0 Å². The van der Waals surface area contributed by atoms with Crippen LogP contribution in [-0.2, 0) is 4.74 Å². The van der Waals surface area contributed by atoms with Crippen molar-refractivity contribution in [2.45, 2.75) is 12.1 Å². The molecule has 0 unspecified atom stereocenters. The summed E-state index contributed by atoms with van der Waals surface area (Å²) in [5.74, 6) is 0.699. The van der Waals surface area contributed by atoms with Gasteiger partial charge in [-0.1, -0.05) is 60.7 Å². The number of hydrogen-bond donors (Lipinski definition) is 1. The SMILES string of the molecule is COc1ccc(C=[N+]2C=C(O)O[C@H](c3ccccc3)[C@@H]2c2ccccc2)cc1. The van der Waals surface area contributed by atoms with Gasteiger partial charge in [0.15, 0.2) is 12.3 Å². The molecule has 28 heavy (non-hydrogen) atoms. The molecule has 1 aliphatic rings. The first kappa shape index (κ1) is 17.9. The van der Waals surface area contributed by atoms with Crippen molar-refractivity contribution < 1.29 is 19.2 Å². The lowest BCUT2D eigenvalue weighted by Gasteiger charge is -2.28. The molecule has 0 aliphatic carbocycles. The zero-order valence-corrected chi connectivity index (χ0v) is 15.6. The predicted octanol–water partition coefficient (Wildman–Crippen LogP) is 5.00. The van der Waals surface area contributed by atoms with Gasteiger partial charge < -0.3 is 14.6 Å². The number of benzene rings is 3. The molecule has 0 bridgehead atoms. The lowest BCUT2D eigenvalue weighted by Crippen LogP contribution is -2.29. The van der Waals surface area contributed by atoms with E-state index >= 15 is 0 Å². The van der Waals surface area contributed by atoms with Crippen molar-refractivity contribution in [1.82, 2.24) is 0 Å². The van der Waals surface area contributed by atoms with Gasteiger partial charge in [-0.15, -0.1) is 0 Å². The standard InChI is InChI=1S/C24H21NO3/c1-27-21-14-12-18(13-15-21)16-25-17-22(26)28-24(20-10-6-3-7-11-20)23(25)19-8-4-2-5-9-19/h2-17,23-24H,1H3/p+1/t23-,24+/m0/s1. The highest BCUT2D eigenvalue weighted by Gasteiger charge is 2.39. The molecule has 2 atom stereocenters. The van der Waals surface area contributed by atoms with Crippen LogP contribution in [0.3, 0.4) is 0 Å². The number of rotatable bonds is 4. The Morgan fingerprint density at radius 2 is 1.46 bits per heavy atom. The van der Waals surface area contributed by atoms with Crippen LogP contribution < -0.4 is 4.74 Å². The molecular formula is C24H22NO3+. The molecule has 0 saturated carbocycles. The van der Waals surface area contributed by atoms with Crippen LogP contribution in [0.4, 0.5) is 0 Å². The molecular weight excluding hydrogens is 350 g/mol. The maximum Gasteiger partial charge on any atom is 0.344 e. The second-order valence-electron chi connectivity index (χ2n) is 6.62. The molecule has 4 nitrogen and oxygen atoms in total. The molecule has 1 heterocycles. The molecule has 3 aromatic rings. The van der Waals surface area contributed by atoms with Crippen LogP contribution in [0.15, 0.2) is 97.1 Å². The van der Waals surface area contributed by atoms with Crippen LogP contribution >= 0.6 is 0 Å². The van der Waals surface area contributed by atoms with E-state index in [9.17, 15) is 5.11 Å². The van der Waals surface area contributed by atoms with Gasteiger partial charge >= 0.3 is 5.95 Å². The van der Waals surface area contributed by atoms with Gasteiger partial charge in [-0.05, 0) is 29.8 Å². The summed E-state index contributed by atoms with van der Waals surface area (Å²) in [6, 6.07) is 27.8. The summed E-state index contributed by atoms with van der Waals surface area (Å²) in [6.07, 6.45) is 3.29. The van der Waals surface area contributed by atoms with Gasteiger partial charge in [-0.2, -0.15) is 4.58 Å². The van der Waals surface area contributed by atoms with Gasteiger partial charge in [-0.3, -0.25) is 0 Å². The Kier molecular flexibility index (Phi) is 5.11. The molecule has 0 spiro atoms. The third-order valence-electron chi connectivity index (χ3n) is 4.80. The Morgan fingerprint density at radius 3 is 2.07 bits per heavy atom. The van der Waals surface area contributed by atoms with Crippen molar-refractivity contribution in [2.75, 3.05) is 7.11 Å². The molecule has 4 rings (SSSR count). The Bertz CT molecular complexity index is 979. The van der Waals surface area contributed by atoms with Crippen molar-refractivity contribution in [3.8, 4) is 5.75 Å². The maximum atomic E-state index is 10.3. The predicted molar refractivity (Wildman–Crippen MR) is 109 cm³/mol. The normalized spacial score (nSPS) is 20.3. The van der Waals surface area contributed by atoms with Gasteiger partial charge in [-0.25, -0.2) is 0 Å². The van der Waals surface area contributed by atoms with E-state index in [-0.39, 0.29) is 18.1 Å². The minimum atomic E-state index is -0.344. The van der Waals surface area contributed by atoms with E-state index in [4.69, 9.17) is 9.47 Å². The van der Waals surface area contributed by atoms with Crippen LogP contribution in [-0.4, -0.2) is 23.0 Å². The highest BCUT2D eigenvalue weighted by atomic mass is 16.6. The average Bonchev–Trinajstić information content (AvgIpc) is 2.75. The van der Waals surface area contributed by atoms with Crippen molar-refractivity contribution in [1.29, 1.82) is 0 Å². The zero-order valence-electron chi connectivity index (χ0n) is 15.6. The summed E-state index contributed by atoms with van der Waals surface area (Å²) in [5, 5.41) is 10.3. The van der Waals surface area contributed by atoms with E-state index in [1.165, 1.54) is 0 Å². The number of aliphatic hydroxyl groups is 1. The van der Waals surface area contributed by atoms with E-state index in [2.05, 4.69) is 12.1 Å². The van der Waals surface area contributed by atoms with Crippen molar-refractivity contribution in [3.63, 3.8) is 0 Å². The molecule has 1 N–H and O–H groups in total. The summed E-state index contributed by atoms with van der Waals surface area (Å²) in [7, 11) is 1.65. The molecule has 0 fully saturated rings. The summed E-state index contributed by atoms with van der Waals surface area (Å²) in [5.41, 5.74) is 3.11. The van der Waals surface area contributed by atoms with E-state index in [1.807, 2.05) is 83.6 Å². The highest BCUT2D eigenvalue weighted by Crippen LogP contribution is 2.39. The van der Waals surface area contributed by atoms with Crippen molar-refractivity contribution >= 4 is 6.21 Å². The van der Waals surface area contributed by atoms with Crippen LogP contribution in [0.2, 0.25) is 0 Å². The van der Waals surface area contributed by atoms with E-state index in [0.29, 0.717) is 0 Å². The number of methoxy groups -OCH3 is 1. The zero-order chi connectivity index (χ0) is 19.3. The minimum Gasteiger partial charge on any atom is -0.497 e. The van der Waals surface area contributed by atoms with Crippen molar-refractivity contribution in [3.05, 3.63) is 114 Å². The molecule has 1 aliphatic heterocycles. The fourth-order valence-corrected chi connectivity index (χ4v) is 3.46. The smallest absolute Gasteiger partial charge is 0.344 e. The molecule has 0 saturated heterocycles. The Morgan fingerprint density at radius 1 is 0.857 bits per heavy atom. The molecule has 0 amide bonds. The van der Waals surface area contributed by atoms with Crippen LogP contribution in [0.1, 0.15) is 28.8 Å². The Balaban J connectivity index is 1.81. The summed E-state index contributed by atoms with van der Waals surface area (Å²) in [6.45, 7) is 0. The lowest BCUT2D eigenvalue weighted by atomic mass is 9.94. The van der Waals surface area contributed by atoms with Gasteiger partial charge in [0.05, 0.1) is 7.11 Å². The maximum absolute atomic E-state index is 10.3. The highest BCUT2D eigenvalue weighted by molar-refractivity contribution is 5.76. The van der Waals surface area contributed by atoms with Gasteiger partial charge in [0, 0.05) is 11.1 Å². The monoisotopic (exact) mass is 372 g/mol. The number of aliphatic hydroxyl groups excluding tert-OH is 1. The summed E-state index contributed by atoms with van der Waals surface area (Å²) in [4.78, 5) is 0. The lowest BCUT2D eigenvalue weighted by molar-refractivity contribution is -0.534. The topological polar surface area (TPSA) is 41.7 Å². The first-order valence-corrected chi connectivity index (χ1v) is 9.18. The number of nitrogens with zero attached hydrogens (tertiary/aromatic N) is 1. The summed E-state index contributed by atoms with van der Waals surface area (Å²) < 4.78 is 13.1. The van der Waals surface area contributed by atoms with Gasteiger partial charge in [0.25, 0.3) is 6.20 Å². The second-order valence-corrected chi connectivity index (χ2v) is 6.62. The molecule has 0 aromatic heterocycles. The van der Waals surface area contributed by atoms with E-state index < -0.39 is 0 Å². The van der Waals surface area contributed by atoms with Gasteiger partial charge in [0.1, 0.15) is 5.75 Å². The average molecular weight is 372 g/mol. The molecule has 4 heteroatoms. The fraction of sp³-hybridized carbons (Fsp3) is 0.125. The Labute approximate surface area is 164 Å². The Hall–Kier alpha value is -3.53. The quantitative estimate of drug-likeness (QED) is 0.656. The third-order valence-corrected chi connectivity index (χ3v) is 4.80. The minimum absolute atomic E-state index is 0.106. The van der Waals surface area contributed by atoms with E-state index in [1.54, 1.807) is 13.3 Å². The van der Waals surface area contributed by atoms with Gasteiger partial charge in [0.2, 0.25) is 6.04 Å². The molecule has 140 valence electrons. The first-order valence-electron chi connectivity index (χ1n) is 9.18.